The number of fused-ring (bicyclic) bond motifs is 6. The Balaban J connectivity index is 1.07. The van der Waals surface area contributed by atoms with Crippen LogP contribution in [0.25, 0.3) is 21.5 Å². The van der Waals surface area contributed by atoms with E-state index in [0.29, 0.717) is 45.6 Å². The van der Waals surface area contributed by atoms with E-state index in [0.717, 1.165) is 44.9 Å². The van der Waals surface area contributed by atoms with Crippen molar-refractivity contribution in [2.45, 2.75) is 161 Å². The van der Waals surface area contributed by atoms with Gasteiger partial charge >= 0.3 is 0 Å². The lowest BCUT2D eigenvalue weighted by Gasteiger charge is -2.46. The van der Waals surface area contributed by atoms with E-state index in [4.69, 9.17) is 0 Å². The van der Waals surface area contributed by atoms with Gasteiger partial charge in [0.1, 0.15) is 0 Å². The largest absolute Gasteiger partial charge is 0.340 e. The second-order valence-corrected chi connectivity index (χ2v) is 24.1. The summed E-state index contributed by atoms with van der Waals surface area (Å²) in [5.41, 5.74) is 17.6. The van der Waals surface area contributed by atoms with Crippen molar-refractivity contribution in [3.05, 3.63) is 160 Å². The van der Waals surface area contributed by atoms with Gasteiger partial charge in [-0.15, -0.1) is 23.5 Å². The van der Waals surface area contributed by atoms with Crippen molar-refractivity contribution < 1.29 is 0 Å². The van der Waals surface area contributed by atoms with E-state index < -0.39 is 0 Å². The van der Waals surface area contributed by atoms with E-state index in [2.05, 4.69) is 170 Å². The lowest BCUT2D eigenvalue weighted by atomic mass is 9.68. The Morgan fingerprint density at radius 2 is 1.50 bits per heavy atom. The fraction of sp³-hybridized carbons (Fsp3) is 0.433. The van der Waals surface area contributed by atoms with E-state index in [1.165, 1.54) is 65.9 Å². The summed E-state index contributed by atoms with van der Waals surface area (Å²) in [5.74, 6) is 1.61. The summed E-state index contributed by atoms with van der Waals surface area (Å²) >= 11 is 4.46. The second kappa shape index (κ2) is 15.5. The van der Waals surface area contributed by atoms with Crippen LogP contribution in [0.1, 0.15) is 137 Å². The minimum atomic E-state index is 0.0966. The molecule has 0 bridgehead atoms. The normalized spacial score (nSPS) is 29.1. The first kappa shape index (κ1) is 40.2. The highest BCUT2D eigenvalue weighted by Crippen LogP contribution is 2.58. The molecule has 2 aliphatic heterocycles. The minimum absolute atomic E-state index is 0.0966. The van der Waals surface area contributed by atoms with Gasteiger partial charge in [-0.05, 0) is 180 Å². The maximum absolute atomic E-state index is 2.98. The molecular formula is C60H64N2S2. The molecule has 2 heterocycles. The highest BCUT2D eigenvalue weighted by Gasteiger charge is 2.48. The van der Waals surface area contributed by atoms with Crippen LogP contribution in [-0.4, -0.2) is 27.8 Å². The molecule has 7 aliphatic carbocycles. The summed E-state index contributed by atoms with van der Waals surface area (Å²) in [7, 11) is 0. The Hall–Kier alpha value is -4.12. The predicted molar refractivity (Wildman–Crippen MR) is 277 cm³/mol. The van der Waals surface area contributed by atoms with E-state index in [-0.39, 0.29) is 5.41 Å². The molecule has 0 N–H and O–H groups in total. The quantitative estimate of drug-likeness (QED) is 0.135. The molecule has 0 radical (unpaired) electrons. The molecule has 0 spiro atoms. The summed E-state index contributed by atoms with van der Waals surface area (Å²) in [6.07, 6.45) is 42.0. The Morgan fingerprint density at radius 3 is 2.30 bits per heavy atom. The zero-order valence-corrected chi connectivity index (χ0v) is 40.0. The average molecular weight is 877 g/mol. The molecular weight excluding hydrogens is 813 g/mol. The molecule has 7 atom stereocenters. The molecule has 1 saturated heterocycles. The third-order valence-electron chi connectivity index (χ3n) is 17.2. The van der Waals surface area contributed by atoms with Crippen molar-refractivity contribution in [3.8, 4) is 0 Å². The van der Waals surface area contributed by atoms with Crippen LogP contribution in [-0.2, 0) is 24.7 Å². The van der Waals surface area contributed by atoms with Gasteiger partial charge in [-0.2, -0.15) is 0 Å². The first-order valence-electron chi connectivity index (χ1n) is 25.2. The number of anilines is 2. The monoisotopic (exact) mass is 876 g/mol. The van der Waals surface area contributed by atoms with Gasteiger partial charge in [0.15, 0.2) is 0 Å². The summed E-state index contributed by atoms with van der Waals surface area (Å²) in [5, 5.41) is 7.98. The zero-order valence-electron chi connectivity index (χ0n) is 38.4. The van der Waals surface area contributed by atoms with Crippen LogP contribution in [0.3, 0.4) is 0 Å². The fourth-order valence-corrected chi connectivity index (χ4v) is 17.7. The zero-order chi connectivity index (χ0) is 42.8. The number of benzene rings is 4. The van der Waals surface area contributed by atoms with Gasteiger partial charge < -0.3 is 9.80 Å². The number of nitrogens with zero attached hydrogens (tertiary/aromatic N) is 2. The molecule has 9 aliphatic rings. The average Bonchev–Trinajstić information content (AvgIpc) is 3.91. The molecule has 64 heavy (non-hydrogen) atoms. The number of allylic oxidation sites excluding steroid dienone is 12. The van der Waals surface area contributed by atoms with Gasteiger partial charge in [0.25, 0.3) is 0 Å². The van der Waals surface area contributed by atoms with Gasteiger partial charge in [0.2, 0.25) is 0 Å². The van der Waals surface area contributed by atoms with Crippen LogP contribution < -0.4 is 9.80 Å². The van der Waals surface area contributed by atoms with E-state index in [1.807, 2.05) is 0 Å². The Labute approximate surface area is 390 Å². The standard InChI is InChI=1S/C60H64N2S2/c1-36(2)46-35-52(62(39-19-9-6-10-20-39)50-26-16-24-44-41-22-12-14-28-54(41)64-59(44)50)47-34-48-55-37(31-32-60(48,3)4)33-51(45-30-29-42(46)56(47)57(45)55)61(38-17-7-5-8-18-38)49-25-15-23-43-40-21-11-13-27-53(40)63-58(43)49/h5-7,9,11-14,17,19,21-23,27-28,33-36,40,44,49-50,53,58-59H,8,10,15-16,18,20,24-26,29-32H2,1-4H3. The third kappa shape index (κ3) is 6.12. The van der Waals surface area contributed by atoms with Gasteiger partial charge in [0.05, 0.1) is 0 Å². The van der Waals surface area contributed by atoms with Crippen molar-refractivity contribution in [2.75, 3.05) is 9.80 Å². The van der Waals surface area contributed by atoms with Gasteiger partial charge in [-0.3, -0.25) is 0 Å². The fourth-order valence-electron chi connectivity index (χ4n) is 14.2. The molecule has 4 heteroatoms. The van der Waals surface area contributed by atoms with Crippen molar-refractivity contribution >= 4 is 56.4 Å². The Morgan fingerprint density at radius 1 is 0.719 bits per heavy atom. The molecule has 2 fully saturated rings. The molecule has 1 saturated carbocycles. The Bertz CT molecular complexity index is 2840. The highest BCUT2D eigenvalue weighted by atomic mass is 32.2. The summed E-state index contributed by atoms with van der Waals surface area (Å²) in [4.78, 5) is 7.47. The number of thioether (sulfide) groups is 2. The summed E-state index contributed by atoms with van der Waals surface area (Å²) < 4.78 is 0. The van der Waals surface area contributed by atoms with Crippen molar-refractivity contribution in [1.29, 1.82) is 0 Å². The minimum Gasteiger partial charge on any atom is -0.340 e. The molecule has 7 unspecified atom stereocenters. The van der Waals surface area contributed by atoms with Crippen molar-refractivity contribution in [3.63, 3.8) is 0 Å². The molecule has 0 aromatic heterocycles. The second-order valence-electron chi connectivity index (χ2n) is 21.5. The smallest absolute Gasteiger partial charge is 0.0498 e. The maximum atomic E-state index is 2.98. The molecule has 326 valence electrons. The number of hydrogen-bond donors (Lipinski definition) is 0. The number of rotatable bonds is 7. The highest BCUT2D eigenvalue weighted by molar-refractivity contribution is 8.01. The Kier molecular flexibility index (Phi) is 9.72. The van der Waals surface area contributed by atoms with E-state index >= 15 is 0 Å². The first-order chi connectivity index (χ1) is 31.3. The van der Waals surface area contributed by atoms with Gasteiger partial charge in [-0.1, -0.05) is 113 Å². The lowest BCUT2D eigenvalue weighted by molar-refractivity contribution is 0.399. The van der Waals surface area contributed by atoms with Crippen LogP contribution in [0, 0.1) is 5.92 Å². The van der Waals surface area contributed by atoms with Crippen LogP contribution in [0.5, 0.6) is 0 Å². The summed E-state index contributed by atoms with van der Waals surface area (Å²) in [6.45, 7) is 10.1. The predicted octanol–water partition coefficient (Wildman–Crippen LogP) is 15.6. The van der Waals surface area contributed by atoms with Gasteiger partial charge in [-0.25, -0.2) is 0 Å². The van der Waals surface area contributed by atoms with Crippen LogP contribution in [0.2, 0.25) is 0 Å². The van der Waals surface area contributed by atoms with Crippen LogP contribution >= 0.6 is 23.5 Å². The number of aryl methyl sites for hydroxylation is 3. The SMILES string of the molecule is CC(C)c1cc(N(C2=CC=CCC2)C2CCCC3c4ccccc4SC32)c2cc3c4c(cc(N(C5=CC=CCC5)C5CCC=C6C7C=CC=CC7SC65)c5c4c2c1CC5)CCC3(C)C. The lowest BCUT2D eigenvalue weighted by Crippen LogP contribution is -2.46. The van der Waals surface area contributed by atoms with E-state index in [9.17, 15) is 0 Å². The first-order valence-corrected chi connectivity index (χ1v) is 27.0. The van der Waals surface area contributed by atoms with Gasteiger partial charge in [0, 0.05) is 66.8 Å². The topological polar surface area (TPSA) is 6.48 Å². The maximum Gasteiger partial charge on any atom is 0.0498 e. The van der Waals surface area contributed by atoms with Crippen molar-refractivity contribution in [2.24, 2.45) is 5.92 Å². The molecule has 13 rings (SSSR count). The van der Waals surface area contributed by atoms with Crippen LogP contribution in [0.4, 0.5) is 11.4 Å². The molecule has 4 aromatic rings. The molecule has 0 amide bonds. The van der Waals surface area contributed by atoms with Crippen molar-refractivity contribution in [1.82, 2.24) is 0 Å². The van der Waals surface area contributed by atoms with E-state index in [1.54, 1.807) is 60.8 Å². The van der Waals surface area contributed by atoms with Crippen LogP contribution in [0.15, 0.2) is 131 Å². The molecule has 4 aromatic carbocycles. The third-order valence-corrected chi connectivity index (χ3v) is 20.4. The summed E-state index contributed by atoms with van der Waals surface area (Å²) in [6, 6.07) is 18.6. The number of hydrogen-bond acceptors (Lipinski definition) is 4. The molecule has 2 nitrogen and oxygen atoms in total.